The summed E-state index contributed by atoms with van der Waals surface area (Å²) >= 11 is 0. The second-order valence-corrected chi connectivity index (χ2v) is 11.8. The molecule has 3 amide bonds. The summed E-state index contributed by atoms with van der Waals surface area (Å²) in [5.41, 5.74) is 0.108. The second-order valence-electron chi connectivity index (χ2n) is 11.8. The predicted molar refractivity (Wildman–Crippen MR) is 143 cm³/mol. The molecule has 0 aromatic heterocycles. The molecule has 1 aromatic rings. The first-order valence-electron chi connectivity index (χ1n) is 13.8. The molecule has 9 nitrogen and oxygen atoms in total. The van der Waals surface area contributed by atoms with Crippen LogP contribution in [0, 0.1) is 17.3 Å². The summed E-state index contributed by atoms with van der Waals surface area (Å²) in [7, 11) is 0. The number of carbonyl (C=O) groups is 4. The van der Waals surface area contributed by atoms with Gasteiger partial charge in [0.15, 0.2) is 5.78 Å². The van der Waals surface area contributed by atoms with Crippen LogP contribution in [-0.2, 0) is 14.4 Å². The van der Waals surface area contributed by atoms with Gasteiger partial charge < -0.3 is 15.0 Å². The molecule has 1 aliphatic carbocycles. The van der Waals surface area contributed by atoms with E-state index in [1.165, 1.54) is 6.92 Å². The van der Waals surface area contributed by atoms with Gasteiger partial charge in [0, 0.05) is 31.5 Å². The topological polar surface area (TPSA) is 116 Å². The first kappa shape index (κ1) is 29.6. The van der Waals surface area contributed by atoms with Crippen molar-refractivity contribution in [2.45, 2.75) is 84.8 Å². The highest BCUT2D eigenvalue weighted by molar-refractivity contribution is 5.94. The number of likely N-dealkylation sites (tertiary alicyclic amines) is 1. The van der Waals surface area contributed by atoms with Crippen LogP contribution in [0.2, 0.25) is 0 Å². The average Bonchev–Trinajstić information content (AvgIpc) is 3.39. The standard InChI is InChI=1S/C29H43N3O6/c1-20(34)22-9-11-24(12-10-22)38-25-13-15-31(16-14-25)28(36)26(29(2,3)4)30-27(35)23(18-32(37)19-33)17-21-7-5-6-8-21/h9-12,19,21,23,25-26,37H,5-8,13-18H2,1-4H3,(H,30,35)/t23?,26-/m1/s1. The molecule has 1 aromatic carbocycles. The van der Waals surface area contributed by atoms with Crippen LogP contribution in [0.1, 0.15) is 83.0 Å². The van der Waals surface area contributed by atoms with Gasteiger partial charge >= 0.3 is 0 Å². The number of hydrogen-bond acceptors (Lipinski definition) is 6. The van der Waals surface area contributed by atoms with Gasteiger partial charge in [-0.1, -0.05) is 46.5 Å². The molecule has 38 heavy (non-hydrogen) atoms. The molecule has 2 aliphatic rings. The first-order valence-corrected chi connectivity index (χ1v) is 13.8. The second kappa shape index (κ2) is 13.2. The van der Waals surface area contributed by atoms with Gasteiger partial charge in [-0.3, -0.25) is 24.4 Å². The van der Waals surface area contributed by atoms with Crippen LogP contribution < -0.4 is 10.1 Å². The van der Waals surface area contributed by atoms with E-state index < -0.39 is 17.4 Å². The fourth-order valence-corrected chi connectivity index (χ4v) is 5.43. The summed E-state index contributed by atoms with van der Waals surface area (Å²) < 4.78 is 6.08. The van der Waals surface area contributed by atoms with E-state index in [4.69, 9.17) is 4.74 Å². The Bertz CT molecular complexity index is 960. The van der Waals surface area contributed by atoms with E-state index in [0.717, 1.165) is 25.7 Å². The number of Topliss-reactive ketones (excluding diaryl/α,β-unsaturated/α-hetero) is 1. The molecule has 0 spiro atoms. The number of rotatable bonds is 11. The number of hydrogen-bond donors (Lipinski definition) is 2. The number of nitrogens with zero attached hydrogens (tertiary/aromatic N) is 2. The van der Waals surface area contributed by atoms with E-state index in [0.29, 0.717) is 61.1 Å². The molecule has 9 heteroatoms. The highest BCUT2D eigenvalue weighted by Crippen LogP contribution is 2.31. The van der Waals surface area contributed by atoms with Crippen LogP contribution >= 0.6 is 0 Å². The van der Waals surface area contributed by atoms with Gasteiger partial charge in [0.05, 0.1) is 12.5 Å². The molecule has 1 aliphatic heterocycles. The van der Waals surface area contributed by atoms with Gasteiger partial charge in [-0.05, 0) is 48.9 Å². The number of nitrogens with one attached hydrogen (secondary N) is 1. The quantitative estimate of drug-likeness (QED) is 0.195. The van der Waals surface area contributed by atoms with Crippen molar-refractivity contribution in [3.8, 4) is 5.75 Å². The Balaban J connectivity index is 1.60. The highest BCUT2D eigenvalue weighted by atomic mass is 16.5. The maximum absolute atomic E-state index is 13.6. The van der Waals surface area contributed by atoms with Crippen molar-refractivity contribution in [1.82, 2.24) is 15.3 Å². The maximum atomic E-state index is 13.6. The zero-order chi connectivity index (χ0) is 27.9. The van der Waals surface area contributed by atoms with Gasteiger partial charge in [-0.25, -0.2) is 5.06 Å². The van der Waals surface area contributed by atoms with Crippen molar-refractivity contribution in [3.05, 3.63) is 29.8 Å². The van der Waals surface area contributed by atoms with Crippen LogP contribution in [0.25, 0.3) is 0 Å². The molecule has 210 valence electrons. The van der Waals surface area contributed by atoms with E-state index in [-0.39, 0.29) is 30.2 Å². The molecular weight excluding hydrogens is 486 g/mol. The highest BCUT2D eigenvalue weighted by Gasteiger charge is 2.39. The van der Waals surface area contributed by atoms with Gasteiger partial charge in [-0.2, -0.15) is 0 Å². The van der Waals surface area contributed by atoms with Gasteiger partial charge in [-0.15, -0.1) is 0 Å². The van der Waals surface area contributed by atoms with E-state index in [9.17, 15) is 24.4 Å². The minimum absolute atomic E-state index is 0.00569. The normalized spacial score (nSPS) is 18.5. The van der Waals surface area contributed by atoms with Crippen molar-refractivity contribution in [2.24, 2.45) is 17.3 Å². The summed E-state index contributed by atoms with van der Waals surface area (Å²) in [6.45, 7) is 8.23. The van der Waals surface area contributed by atoms with Crippen LogP contribution in [-0.4, -0.2) is 71.0 Å². The van der Waals surface area contributed by atoms with Crippen LogP contribution in [0.4, 0.5) is 0 Å². The van der Waals surface area contributed by atoms with E-state index in [1.54, 1.807) is 29.2 Å². The van der Waals surface area contributed by atoms with Gasteiger partial charge in [0.2, 0.25) is 18.2 Å². The van der Waals surface area contributed by atoms with E-state index in [2.05, 4.69) is 5.32 Å². The zero-order valence-electron chi connectivity index (χ0n) is 23.2. The summed E-state index contributed by atoms with van der Waals surface area (Å²) in [6.07, 6.45) is 6.50. The number of piperidine rings is 1. The lowest BCUT2D eigenvalue weighted by molar-refractivity contribution is -0.156. The fourth-order valence-electron chi connectivity index (χ4n) is 5.43. The molecule has 1 heterocycles. The Morgan fingerprint density at radius 3 is 2.24 bits per heavy atom. The lowest BCUT2D eigenvalue weighted by atomic mass is 9.84. The number of benzene rings is 1. The lowest BCUT2D eigenvalue weighted by Crippen LogP contribution is -2.58. The van der Waals surface area contributed by atoms with Gasteiger partial charge in [0.25, 0.3) is 0 Å². The number of ketones is 1. The number of amides is 3. The van der Waals surface area contributed by atoms with E-state index in [1.807, 2.05) is 20.8 Å². The molecule has 1 unspecified atom stereocenters. The third kappa shape index (κ3) is 8.28. The smallest absolute Gasteiger partial charge is 0.245 e. The van der Waals surface area contributed by atoms with Crippen LogP contribution in [0.15, 0.2) is 24.3 Å². The summed E-state index contributed by atoms with van der Waals surface area (Å²) in [6, 6.07) is 6.34. The van der Waals surface area contributed by atoms with Crippen molar-refractivity contribution in [2.75, 3.05) is 19.6 Å². The number of ether oxygens (including phenoxy) is 1. The SMILES string of the molecule is CC(=O)c1ccc(OC2CCN(C(=O)[C@@H](NC(=O)C(CC3CCCC3)CN(O)C=O)C(C)(C)C)CC2)cc1. The molecular formula is C29H43N3O6. The summed E-state index contributed by atoms with van der Waals surface area (Å²) in [4.78, 5) is 51.3. The molecule has 1 saturated carbocycles. The Morgan fingerprint density at radius 1 is 1.11 bits per heavy atom. The number of hydroxylamine groups is 2. The molecule has 2 N–H and O–H groups in total. The van der Waals surface area contributed by atoms with Gasteiger partial charge in [0.1, 0.15) is 17.9 Å². The Morgan fingerprint density at radius 2 is 1.71 bits per heavy atom. The summed E-state index contributed by atoms with van der Waals surface area (Å²) in [5, 5.41) is 13.3. The first-order chi connectivity index (χ1) is 18.0. The van der Waals surface area contributed by atoms with Crippen molar-refractivity contribution >= 4 is 24.0 Å². The molecule has 2 fully saturated rings. The van der Waals surface area contributed by atoms with Crippen molar-refractivity contribution in [1.29, 1.82) is 0 Å². The Kier molecular flexibility index (Phi) is 10.3. The third-order valence-electron chi connectivity index (χ3n) is 7.71. The lowest BCUT2D eigenvalue weighted by Gasteiger charge is -2.39. The largest absolute Gasteiger partial charge is 0.490 e. The molecule has 2 atom stereocenters. The predicted octanol–water partition coefficient (Wildman–Crippen LogP) is 3.83. The molecule has 0 bridgehead atoms. The Labute approximate surface area is 225 Å². The average molecular weight is 530 g/mol. The van der Waals surface area contributed by atoms with Crippen molar-refractivity contribution < 1.29 is 29.1 Å². The molecule has 1 saturated heterocycles. The van der Waals surface area contributed by atoms with E-state index >= 15 is 0 Å². The Hall–Kier alpha value is -2.94. The molecule has 0 radical (unpaired) electrons. The minimum Gasteiger partial charge on any atom is -0.490 e. The molecule has 3 rings (SSSR count). The van der Waals surface area contributed by atoms with Crippen LogP contribution in [0.3, 0.4) is 0 Å². The minimum atomic E-state index is -0.735. The number of carbonyl (C=O) groups excluding carboxylic acids is 4. The summed E-state index contributed by atoms with van der Waals surface area (Å²) in [5.74, 6) is 0.0586. The third-order valence-corrected chi connectivity index (χ3v) is 7.71. The fraction of sp³-hybridized carbons (Fsp3) is 0.655. The van der Waals surface area contributed by atoms with Crippen LogP contribution in [0.5, 0.6) is 5.75 Å². The monoisotopic (exact) mass is 529 g/mol. The maximum Gasteiger partial charge on any atom is 0.245 e. The zero-order valence-corrected chi connectivity index (χ0v) is 23.2. The van der Waals surface area contributed by atoms with Crippen molar-refractivity contribution in [3.63, 3.8) is 0 Å².